The second-order valence-electron chi connectivity index (χ2n) is 7.81. The first kappa shape index (κ1) is 26.7. The van der Waals surface area contributed by atoms with Crippen molar-refractivity contribution in [3.63, 3.8) is 0 Å². The predicted octanol–water partition coefficient (Wildman–Crippen LogP) is 3.37. The Morgan fingerprint density at radius 2 is 1.53 bits per heavy atom. The first-order valence-electron chi connectivity index (χ1n) is 11.1. The van der Waals surface area contributed by atoms with Gasteiger partial charge >= 0.3 is 0 Å². The Hall–Kier alpha value is -3.92. The summed E-state index contributed by atoms with van der Waals surface area (Å²) in [6, 6.07) is 19.7. The molecule has 3 rings (SSSR count). The van der Waals surface area contributed by atoms with Gasteiger partial charge in [0.2, 0.25) is 21.7 Å². The summed E-state index contributed by atoms with van der Waals surface area (Å²) in [4.78, 5) is 12.7. The van der Waals surface area contributed by atoms with Gasteiger partial charge in [-0.1, -0.05) is 30.3 Å². The molecule has 0 unspecified atom stereocenters. The molecule has 0 saturated carbocycles. The van der Waals surface area contributed by atoms with Crippen LogP contribution in [-0.4, -0.2) is 48.5 Å². The van der Waals surface area contributed by atoms with Crippen molar-refractivity contribution in [3.8, 4) is 23.0 Å². The lowest BCUT2D eigenvalue weighted by Gasteiger charge is -2.22. The summed E-state index contributed by atoms with van der Waals surface area (Å²) in [7, 11) is 0.766. The number of benzene rings is 3. The molecule has 0 aromatic heterocycles. The summed E-state index contributed by atoms with van der Waals surface area (Å²) in [5.41, 5.74) is 2.01. The SMILES string of the molecule is COc1ccc(CNC(=O)CN(c2ccc(OCc3ccccc3)cc2)S(C)(=O)=O)c(OC)c1OC. The topological polar surface area (TPSA) is 103 Å². The molecule has 0 atom stereocenters. The first-order valence-corrected chi connectivity index (χ1v) is 12.9. The molecule has 1 amide bonds. The maximum atomic E-state index is 12.7. The van der Waals surface area contributed by atoms with E-state index in [1.54, 1.807) is 36.4 Å². The monoisotopic (exact) mass is 514 g/mol. The number of carbonyl (C=O) groups excluding carboxylic acids is 1. The second-order valence-corrected chi connectivity index (χ2v) is 9.71. The highest BCUT2D eigenvalue weighted by atomic mass is 32.2. The van der Waals surface area contributed by atoms with Crippen LogP contribution in [0.25, 0.3) is 0 Å². The minimum Gasteiger partial charge on any atom is -0.493 e. The number of anilines is 1. The molecule has 9 nitrogen and oxygen atoms in total. The average Bonchev–Trinajstić information content (AvgIpc) is 2.89. The van der Waals surface area contributed by atoms with Crippen LogP contribution in [0.4, 0.5) is 5.69 Å². The highest BCUT2D eigenvalue weighted by Gasteiger charge is 2.22. The van der Waals surface area contributed by atoms with Gasteiger partial charge in [0.15, 0.2) is 11.5 Å². The number of methoxy groups -OCH3 is 3. The van der Waals surface area contributed by atoms with Gasteiger partial charge in [-0.25, -0.2) is 8.42 Å². The van der Waals surface area contributed by atoms with Crippen LogP contribution in [0.1, 0.15) is 11.1 Å². The lowest BCUT2D eigenvalue weighted by atomic mass is 10.1. The van der Waals surface area contributed by atoms with Crippen molar-refractivity contribution in [1.29, 1.82) is 0 Å². The zero-order chi connectivity index (χ0) is 26.1. The quantitative estimate of drug-likeness (QED) is 0.395. The van der Waals surface area contributed by atoms with Crippen LogP contribution in [0.5, 0.6) is 23.0 Å². The third kappa shape index (κ3) is 6.82. The lowest BCUT2D eigenvalue weighted by molar-refractivity contribution is -0.119. The van der Waals surface area contributed by atoms with Gasteiger partial charge in [-0.15, -0.1) is 0 Å². The molecule has 1 N–H and O–H groups in total. The van der Waals surface area contributed by atoms with Crippen LogP contribution in [0.3, 0.4) is 0 Å². The molecular formula is C26H30N2O7S. The lowest BCUT2D eigenvalue weighted by Crippen LogP contribution is -2.40. The number of nitrogens with zero attached hydrogens (tertiary/aromatic N) is 1. The van der Waals surface area contributed by atoms with Crippen LogP contribution < -0.4 is 28.6 Å². The molecule has 10 heteroatoms. The summed E-state index contributed by atoms with van der Waals surface area (Å²) < 4.78 is 47.8. The van der Waals surface area contributed by atoms with Gasteiger partial charge in [-0.3, -0.25) is 9.10 Å². The average molecular weight is 515 g/mol. The number of rotatable bonds is 12. The first-order chi connectivity index (χ1) is 17.3. The Morgan fingerprint density at radius 3 is 2.11 bits per heavy atom. The minimum absolute atomic E-state index is 0.103. The molecule has 192 valence electrons. The van der Waals surface area contributed by atoms with Crippen LogP contribution in [0, 0.1) is 0 Å². The van der Waals surface area contributed by atoms with Crippen LogP contribution in [-0.2, 0) is 28.0 Å². The number of sulfonamides is 1. The molecule has 0 fully saturated rings. The summed E-state index contributed by atoms with van der Waals surface area (Å²) in [5, 5.41) is 2.74. The Morgan fingerprint density at radius 1 is 0.861 bits per heavy atom. The maximum absolute atomic E-state index is 12.7. The molecule has 0 radical (unpaired) electrons. The van der Waals surface area contributed by atoms with E-state index in [1.807, 2.05) is 30.3 Å². The fourth-order valence-corrected chi connectivity index (χ4v) is 4.39. The van der Waals surface area contributed by atoms with Crippen molar-refractivity contribution in [2.24, 2.45) is 0 Å². The molecular weight excluding hydrogens is 484 g/mol. The Balaban J connectivity index is 1.67. The van der Waals surface area contributed by atoms with E-state index in [2.05, 4.69) is 5.32 Å². The fraction of sp³-hybridized carbons (Fsp3) is 0.269. The molecule has 36 heavy (non-hydrogen) atoms. The Kier molecular flexibility index (Phi) is 9.02. The van der Waals surface area contributed by atoms with Crippen molar-refractivity contribution in [1.82, 2.24) is 5.32 Å². The molecule has 0 aliphatic heterocycles. The smallest absolute Gasteiger partial charge is 0.241 e. The number of carbonyl (C=O) groups is 1. The van der Waals surface area contributed by atoms with E-state index in [1.165, 1.54) is 21.3 Å². The number of hydrogen-bond donors (Lipinski definition) is 1. The number of hydrogen-bond acceptors (Lipinski definition) is 7. The normalized spacial score (nSPS) is 10.9. The van der Waals surface area contributed by atoms with E-state index in [0.717, 1.165) is 16.1 Å². The Labute approximate surface area is 211 Å². The zero-order valence-corrected chi connectivity index (χ0v) is 21.5. The van der Waals surface area contributed by atoms with Gasteiger partial charge in [-0.2, -0.15) is 0 Å². The van der Waals surface area contributed by atoms with Gasteiger partial charge in [0.1, 0.15) is 18.9 Å². The number of ether oxygens (including phenoxy) is 4. The van der Waals surface area contributed by atoms with Crippen molar-refractivity contribution in [3.05, 3.63) is 77.9 Å². The fourth-order valence-electron chi connectivity index (χ4n) is 3.53. The minimum atomic E-state index is -3.73. The molecule has 0 aliphatic rings. The largest absolute Gasteiger partial charge is 0.493 e. The van der Waals surface area contributed by atoms with E-state index < -0.39 is 22.5 Å². The van der Waals surface area contributed by atoms with Crippen molar-refractivity contribution < 1.29 is 32.2 Å². The Bertz CT molecular complexity index is 1260. The molecule has 3 aromatic rings. The van der Waals surface area contributed by atoms with Crippen molar-refractivity contribution in [2.75, 3.05) is 38.4 Å². The predicted molar refractivity (Wildman–Crippen MR) is 137 cm³/mol. The molecule has 0 aliphatic carbocycles. The van der Waals surface area contributed by atoms with E-state index in [4.69, 9.17) is 18.9 Å². The molecule has 0 spiro atoms. The van der Waals surface area contributed by atoms with E-state index >= 15 is 0 Å². The third-order valence-corrected chi connectivity index (χ3v) is 6.46. The van der Waals surface area contributed by atoms with Gasteiger partial charge < -0.3 is 24.3 Å². The number of nitrogens with one attached hydrogen (secondary N) is 1. The molecule has 0 bridgehead atoms. The highest BCUT2D eigenvalue weighted by Crippen LogP contribution is 2.39. The molecule has 0 saturated heterocycles. The van der Waals surface area contributed by atoms with Gasteiger partial charge in [0, 0.05) is 12.1 Å². The highest BCUT2D eigenvalue weighted by molar-refractivity contribution is 7.92. The molecule has 0 heterocycles. The molecule has 3 aromatic carbocycles. The van der Waals surface area contributed by atoms with E-state index in [0.29, 0.717) is 40.9 Å². The van der Waals surface area contributed by atoms with E-state index in [-0.39, 0.29) is 6.54 Å². The van der Waals surface area contributed by atoms with Gasteiger partial charge in [-0.05, 0) is 42.0 Å². The van der Waals surface area contributed by atoms with Crippen molar-refractivity contribution in [2.45, 2.75) is 13.2 Å². The van der Waals surface area contributed by atoms with Gasteiger partial charge in [0.25, 0.3) is 0 Å². The van der Waals surface area contributed by atoms with Crippen molar-refractivity contribution >= 4 is 21.6 Å². The summed E-state index contributed by atoms with van der Waals surface area (Å²) in [5.74, 6) is 1.41. The zero-order valence-electron chi connectivity index (χ0n) is 20.7. The van der Waals surface area contributed by atoms with Crippen LogP contribution >= 0.6 is 0 Å². The van der Waals surface area contributed by atoms with Gasteiger partial charge in [0.05, 0.1) is 33.3 Å². The second kappa shape index (κ2) is 12.2. The summed E-state index contributed by atoms with van der Waals surface area (Å²) >= 11 is 0. The third-order valence-electron chi connectivity index (χ3n) is 5.32. The van der Waals surface area contributed by atoms with Crippen LogP contribution in [0.15, 0.2) is 66.7 Å². The van der Waals surface area contributed by atoms with Crippen LogP contribution in [0.2, 0.25) is 0 Å². The summed E-state index contributed by atoms with van der Waals surface area (Å²) in [6.45, 7) is 0.100. The van der Waals surface area contributed by atoms with E-state index in [9.17, 15) is 13.2 Å². The maximum Gasteiger partial charge on any atom is 0.241 e. The summed E-state index contributed by atoms with van der Waals surface area (Å²) in [6.07, 6.45) is 1.05. The number of amides is 1. The standard InChI is InChI=1S/C26H30N2O7S/c1-32-23-15-10-20(25(33-2)26(23)34-3)16-27-24(29)17-28(36(4,30)31)21-11-13-22(14-12-21)35-18-19-8-6-5-7-9-19/h5-15H,16-18H2,1-4H3,(H,27,29).